The molecule has 496 valence electrons. The van der Waals surface area contributed by atoms with Crippen molar-refractivity contribution in [3.05, 3.63) is 198 Å². The lowest BCUT2D eigenvalue weighted by Gasteiger charge is -2.30. The molecule has 0 aliphatic heterocycles. The number of benzene rings is 6. The number of alkyl halides is 6. The Kier molecular flexibility index (Phi) is 27.1. The van der Waals surface area contributed by atoms with E-state index in [9.17, 15) is 64.7 Å². The lowest BCUT2D eigenvalue weighted by molar-refractivity contribution is -0.147. The highest BCUT2D eigenvalue weighted by Crippen LogP contribution is 2.43. The van der Waals surface area contributed by atoms with Gasteiger partial charge in [-0.1, -0.05) is 127 Å². The first-order chi connectivity index (χ1) is 44.0. The van der Waals surface area contributed by atoms with Gasteiger partial charge in [0.2, 0.25) is 11.8 Å². The number of amides is 5. The maximum absolute atomic E-state index is 13.6. The van der Waals surface area contributed by atoms with E-state index in [0.717, 1.165) is 80.5 Å². The van der Waals surface area contributed by atoms with Crippen LogP contribution in [0.2, 0.25) is 20.1 Å². The van der Waals surface area contributed by atoms with Crippen LogP contribution >= 0.6 is 58.0 Å². The second-order valence-corrected chi connectivity index (χ2v) is 23.9. The Morgan fingerprint density at radius 2 is 0.860 bits per heavy atom. The standard InChI is InChI=1S/C33H32Cl2F3N3O5.C25H29Cl2N3O4.C8H4ClF3O/c1-46-30(44)26(18-20-10-12-23(13-11-20)40-29(43)27-24(34)8-5-9-25(27)35)41-31(45)32(14-2-3-15-32)16-17-39-28(42)21-6-4-7-22(19-21)33(36,37)38;1-34-23(32)20(30-24(33)25(13-14-28)11-2-3-12-25)15-16-7-9-17(10-8-16)29-22(31)21-18(26)5-4-6-19(21)27;9-7(13)5-2-1-3-6(4-5)8(10,11)12/h4-13,19,26H,2-3,14-18H2,1H3,(H,39,42)(H,40,43)(H,41,45);4-10,20H,2-3,11-15,28H2,1H3,(H,29,31)(H,30,33);1-4H. The highest BCUT2D eigenvalue weighted by atomic mass is 35.5. The van der Waals surface area contributed by atoms with Gasteiger partial charge >= 0.3 is 24.3 Å². The minimum Gasteiger partial charge on any atom is -0.467 e. The van der Waals surface area contributed by atoms with Crippen LogP contribution in [0.5, 0.6) is 0 Å². The number of ether oxygens (including phenoxy) is 2. The Morgan fingerprint density at radius 1 is 0.505 bits per heavy atom. The van der Waals surface area contributed by atoms with Crippen LogP contribution in [-0.4, -0.2) is 86.1 Å². The minimum absolute atomic E-state index is 0.0535. The summed E-state index contributed by atoms with van der Waals surface area (Å²) in [7, 11) is 2.51. The molecule has 5 amide bonds. The van der Waals surface area contributed by atoms with Gasteiger partial charge in [-0.05, 0) is 147 Å². The average Bonchev–Trinajstić information content (AvgIpc) is 1.86. The minimum atomic E-state index is -4.58. The summed E-state index contributed by atoms with van der Waals surface area (Å²) in [6.45, 7) is 0.473. The zero-order valence-electron chi connectivity index (χ0n) is 50.1. The molecule has 2 saturated carbocycles. The number of hydrogen-bond donors (Lipinski definition) is 6. The third-order valence-electron chi connectivity index (χ3n) is 15.7. The van der Waals surface area contributed by atoms with E-state index in [1.54, 1.807) is 84.9 Å². The van der Waals surface area contributed by atoms with Crippen LogP contribution in [0.1, 0.15) is 128 Å². The molecule has 16 nitrogen and oxygen atoms in total. The van der Waals surface area contributed by atoms with Gasteiger partial charge in [-0.3, -0.25) is 28.8 Å². The monoisotopic (exact) mass is 1390 g/mol. The van der Waals surface area contributed by atoms with Gasteiger partial charge in [0.15, 0.2) is 0 Å². The average molecular weight is 1390 g/mol. The largest absolute Gasteiger partial charge is 0.467 e. The van der Waals surface area contributed by atoms with Gasteiger partial charge in [-0.25, -0.2) is 9.59 Å². The Bertz CT molecular complexity index is 3600. The smallest absolute Gasteiger partial charge is 0.416 e. The van der Waals surface area contributed by atoms with E-state index in [0.29, 0.717) is 42.7 Å². The zero-order valence-corrected chi connectivity index (χ0v) is 53.9. The number of esters is 2. The number of methoxy groups -OCH3 is 2. The maximum atomic E-state index is 13.6. The second kappa shape index (κ2) is 33.9. The van der Waals surface area contributed by atoms with Crippen molar-refractivity contribution >= 4 is 116 Å². The fourth-order valence-electron chi connectivity index (χ4n) is 10.8. The van der Waals surface area contributed by atoms with Crippen molar-refractivity contribution in [2.75, 3.05) is 37.9 Å². The summed E-state index contributed by atoms with van der Waals surface area (Å²) in [4.78, 5) is 100. The summed E-state index contributed by atoms with van der Waals surface area (Å²) in [5.74, 6) is -3.27. The SMILES string of the molecule is COC(=O)C(Cc1ccc(NC(=O)c2c(Cl)cccc2Cl)cc1)NC(=O)C1(CCN)CCCC1.COC(=O)C(Cc1ccc(NC(=O)c2c(Cl)cccc2Cl)cc1)NC(=O)C1(CCNC(=O)c2cccc(C(F)(F)F)c2)CCCC1.O=C(Cl)c1cccc(C(F)(F)F)c1. The molecule has 0 spiro atoms. The van der Waals surface area contributed by atoms with E-state index >= 15 is 0 Å². The van der Waals surface area contributed by atoms with Crippen LogP contribution in [0.25, 0.3) is 0 Å². The van der Waals surface area contributed by atoms with Crippen LogP contribution in [0.3, 0.4) is 0 Å². The van der Waals surface area contributed by atoms with Gasteiger partial charge < -0.3 is 41.8 Å². The molecular formula is C66H65Cl5F6N6O10. The molecule has 0 saturated heterocycles. The summed E-state index contributed by atoms with van der Waals surface area (Å²) in [5, 5.41) is 13.9. The van der Waals surface area contributed by atoms with Crippen LogP contribution in [0.15, 0.2) is 133 Å². The van der Waals surface area contributed by atoms with E-state index in [4.69, 9.17) is 73.2 Å². The summed E-state index contributed by atoms with van der Waals surface area (Å²) < 4.78 is 85.3. The van der Waals surface area contributed by atoms with Crippen molar-refractivity contribution in [2.24, 2.45) is 16.6 Å². The lowest BCUT2D eigenvalue weighted by atomic mass is 9.81. The highest BCUT2D eigenvalue weighted by molar-refractivity contribution is 6.67. The van der Waals surface area contributed by atoms with Crippen LogP contribution in [0.4, 0.5) is 37.7 Å². The molecular weight excluding hydrogens is 1330 g/mol. The van der Waals surface area contributed by atoms with Crippen molar-refractivity contribution in [1.29, 1.82) is 0 Å². The third kappa shape index (κ3) is 20.9. The Morgan fingerprint density at radius 3 is 1.22 bits per heavy atom. The quantitative estimate of drug-likeness (QED) is 0.0225. The van der Waals surface area contributed by atoms with Crippen molar-refractivity contribution in [2.45, 2.75) is 101 Å². The zero-order chi connectivity index (χ0) is 68.3. The molecule has 6 aromatic carbocycles. The van der Waals surface area contributed by atoms with E-state index in [1.807, 2.05) is 0 Å². The van der Waals surface area contributed by atoms with Gasteiger partial charge in [0.05, 0.1) is 67.4 Å². The fraction of sp³-hybridized carbons (Fsp3) is 0.333. The number of hydrogen-bond acceptors (Lipinski definition) is 11. The number of nitrogens with two attached hydrogens (primary N) is 1. The highest BCUT2D eigenvalue weighted by Gasteiger charge is 2.44. The van der Waals surface area contributed by atoms with Gasteiger partial charge in [0, 0.05) is 41.9 Å². The summed E-state index contributed by atoms with van der Waals surface area (Å²) in [6.07, 6.45) is -1.76. The molecule has 6 aromatic rings. The molecule has 2 aliphatic carbocycles. The predicted octanol–water partition coefficient (Wildman–Crippen LogP) is 14.3. The maximum Gasteiger partial charge on any atom is 0.416 e. The number of rotatable bonds is 21. The van der Waals surface area contributed by atoms with Gasteiger partial charge in [0.25, 0.3) is 23.0 Å². The molecule has 2 fully saturated rings. The summed E-state index contributed by atoms with van der Waals surface area (Å²) >= 11 is 29.5. The first kappa shape index (κ1) is 74.3. The number of anilines is 2. The molecule has 2 unspecified atom stereocenters. The number of halogens is 11. The Labute approximate surface area is 557 Å². The van der Waals surface area contributed by atoms with E-state index in [2.05, 4.69) is 26.6 Å². The van der Waals surface area contributed by atoms with Crippen LogP contribution < -0.4 is 32.3 Å². The molecule has 27 heteroatoms. The Balaban J connectivity index is 0.000000254. The predicted molar refractivity (Wildman–Crippen MR) is 343 cm³/mol. The van der Waals surface area contributed by atoms with Gasteiger partial charge in [-0.2, -0.15) is 26.3 Å². The first-order valence-corrected chi connectivity index (χ1v) is 30.9. The molecule has 7 N–H and O–H groups in total. The van der Waals surface area contributed by atoms with E-state index in [-0.39, 0.29) is 80.0 Å². The lowest BCUT2D eigenvalue weighted by Crippen LogP contribution is -2.50. The second-order valence-electron chi connectivity index (χ2n) is 22.0. The van der Waals surface area contributed by atoms with Crippen molar-refractivity contribution in [1.82, 2.24) is 16.0 Å². The normalized spacial score (nSPS) is 14.5. The van der Waals surface area contributed by atoms with Crippen molar-refractivity contribution < 1.29 is 74.2 Å². The topological polar surface area (TPSA) is 241 Å². The third-order valence-corrected chi connectivity index (χ3v) is 17.2. The number of carbonyl (C=O) groups excluding carboxylic acids is 8. The molecule has 8 rings (SSSR count). The van der Waals surface area contributed by atoms with Gasteiger partial charge in [-0.15, -0.1) is 0 Å². The molecule has 0 aromatic heterocycles. The molecule has 2 atom stereocenters. The van der Waals surface area contributed by atoms with Crippen LogP contribution in [0, 0.1) is 10.8 Å². The fourth-order valence-corrected chi connectivity index (χ4v) is 12.0. The van der Waals surface area contributed by atoms with Crippen LogP contribution in [-0.2, 0) is 53.8 Å². The molecule has 0 radical (unpaired) electrons. The molecule has 93 heavy (non-hydrogen) atoms. The number of nitrogens with one attached hydrogen (secondary N) is 5. The van der Waals surface area contributed by atoms with Crippen molar-refractivity contribution in [3.63, 3.8) is 0 Å². The molecule has 2 aliphatic rings. The number of carbonyl (C=O) groups is 8. The molecule has 0 bridgehead atoms. The summed E-state index contributed by atoms with van der Waals surface area (Å²) in [5.41, 5.74) is 5.07. The van der Waals surface area contributed by atoms with Crippen molar-refractivity contribution in [3.8, 4) is 0 Å². The summed E-state index contributed by atoms with van der Waals surface area (Å²) in [6, 6.07) is 29.5. The first-order valence-electron chi connectivity index (χ1n) is 29.0. The molecule has 0 heterocycles. The van der Waals surface area contributed by atoms with E-state index < -0.39 is 81.3 Å². The van der Waals surface area contributed by atoms with Gasteiger partial charge in [0.1, 0.15) is 12.1 Å². The Hall–Kier alpha value is -7.73. The van der Waals surface area contributed by atoms with E-state index in [1.165, 1.54) is 26.4 Å².